The standard InChI is InChI=1S/C13H21N5/c1-5-7-17-9-11(4)14-13(17)15-12-6-8-18(16-12)10(2)3/h6,8-10H,5,7H2,1-4H3,(H,14,15,16). The third-order valence-electron chi connectivity index (χ3n) is 2.74. The number of hydrogen-bond acceptors (Lipinski definition) is 3. The van der Waals surface area contributed by atoms with Gasteiger partial charge in [-0.2, -0.15) is 5.10 Å². The molecule has 0 unspecified atom stereocenters. The second-order valence-corrected chi connectivity index (χ2v) is 4.80. The van der Waals surface area contributed by atoms with Crippen LogP contribution in [-0.4, -0.2) is 19.3 Å². The van der Waals surface area contributed by atoms with Gasteiger partial charge in [-0.1, -0.05) is 6.92 Å². The van der Waals surface area contributed by atoms with Crippen LogP contribution in [0.3, 0.4) is 0 Å². The fourth-order valence-corrected chi connectivity index (χ4v) is 1.86. The van der Waals surface area contributed by atoms with Crippen LogP contribution >= 0.6 is 0 Å². The SMILES string of the molecule is CCCn1cc(C)nc1Nc1ccn(C(C)C)n1. The molecule has 2 heterocycles. The number of rotatable bonds is 5. The Labute approximate surface area is 108 Å². The predicted octanol–water partition coefficient (Wildman–Crippen LogP) is 3.12. The van der Waals surface area contributed by atoms with Crippen LogP contribution in [0.2, 0.25) is 0 Å². The third kappa shape index (κ3) is 2.72. The summed E-state index contributed by atoms with van der Waals surface area (Å²) in [6.07, 6.45) is 5.13. The van der Waals surface area contributed by atoms with Gasteiger partial charge in [0.05, 0.1) is 5.69 Å². The van der Waals surface area contributed by atoms with Crippen molar-refractivity contribution in [2.24, 2.45) is 0 Å². The minimum atomic E-state index is 0.373. The first-order valence-electron chi connectivity index (χ1n) is 6.46. The fraction of sp³-hybridized carbons (Fsp3) is 0.538. The monoisotopic (exact) mass is 247 g/mol. The van der Waals surface area contributed by atoms with Gasteiger partial charge in [0, 0.05) is 31.0 Å². The van der Waals surface area contributed by atoms with E-state index in [2.05, 4.69) is 46.9 Å². The Morgan fingerprint density at radius 1 is 1.39 bits per heavy atom. The van der Waals surface area contributed by atoms with E-state index in [4.69, 9.17) is 0 Å². The summed E-state index contributed by atoms with van der Waals surface area (Å²) in [6.45, 7) is 9.35. The van der Waals surface area contributed by atoms with E-state index in [0.29, 0.717) is 6.04 Å². The van der Waals surface area contributed by atoms with Gasteiger partial charge in [0.1, 0.15) is 0 Å². The molecule has 0 saturated carbocycles. The smallest absolute Gasteiger partial charge is 0.208 e. The average molecular weight is 247 g/mol. The molecule has 0 spiro atoms. The molecule has 98 valence electrons. The van der Waals surface area contributed by atoms with Crippen LogP contribution in [0.5, 0.6) is 0 Å². The van der Waals surface area contributed by atoms with Gasteiger partial charge in [-0.15, -0.1) is 0 Å². The second-order valence-electron chi connectivity index (χ2n) is 4.80. The molecule has 0 aliphatic rings. The molecule has 5 heteroatoms. The molecule has 0 aliphatic heterocycles. The van der Waals surface area contributed by atoms with Crippen molar-refractivity contribution >= 4 is 11.8 Å². The van der Waals surface area contributed by atoms with E-state index in [1.807, 2.05) is 23.9 Å². The normalized spacial score (nSPS) is 11.2. The van der Waals surface area contributed by atoms with Crippen molar-refractivity contribution in [1.29, 1.82) is 0 Å². The molecule has 2 aromatic rings. The Kier molecular flexibility index (Phi) is 3.69. The molecule has 0 aromatic carbocycles. The van der Waals surface area contributed by atoms with Gasteiger partial charge in [-0.25, -0.2) is 4.98 Å². The van der Waals surface area contributed by atoms with Crippen molar-refractivity contribution in [3.8, 4) is 0 Å². The van der Waals surface area contributed by atoms with E-state index in [0.717, 1.165) is 30.4 Å². The first kappa shape index (κ1) is 12.7. The quantitative estimate of drug-likeness (QED) is 0.883. The molecule has 1 N–H and O–H groups in total. The first-order chi connectivity index (χ1) is 8.60. The van der Waals surface area contributed by atoms with Crippen molar-refractivity contribution in [3.63, 3.8) is 0 Å². The third-order valence-corrected chi connectivity index (χ3v) is 2.74. The van der Waals surface area contributed by atoms with Gasteiger partial charge in [0.2, 0.25) is 5.95 Å². The first-order valence-corrected chi connectivity index (χ1v) is 6.46. The number of imidazole rings is 1. The molecule has 5 nitrogen and oxygen atoms in total. The Morgan fingerprint density at radius 2 is 2.17 bits per heavy atom. The molecule has 0 atom stereocenters. The van der Waals surface area contributed by atoms with Crippen LogP contribution in [0.4, 0.5) is 11.8 Å². The van der Waals surface area contributed by atoms with Crippen LogP contribution in [0.1, 0.15) is 38.9 Å². The summed E-state index contributed by atoms with van der Waals surface area (Å²) in [6, 6.07) is 2.35. The van der Waals surface area contributed by atoms with E-state index in [1.54, 1.807) is 0 Å². The van der Waals surface area contributed by atoms with Crippen LogP contribution in [0, 0.1) is 6.92 Å². The zero-order valence-corrected chi connectivity index (χ0v) is 11.5. The molecular weight excluding hydrogens is 226 g/mol. The van der Waals surface area contributed by atoms with Crippen LogP contribution in [0.15, 0.2) is 18.5 Å². The highest BCUT2D eigenvalue weighted by Crippen LogP contribution is 2.16. The molecule has 0 radical (unpaired) electrons. The predicted molar refractivity (Wildman–Crippen MR) is 73.1 cm³/mol. The summed E-state index contributed by atoms with van der Waals surface area (Å²) in [7, 11) is 0. The van der Waals surface area contributed by atoms with Gasteiger partial charge in [-0.3, -0.25) is 4.68 Å². The molecule has 0 fully saturated rings. The topological polar surface area (TPSA) is 47.7 Å². The van der Waals surface area contributed by atoms with Crippen molar-refractivity contribution in [2.45, 2.75) is 46.7 Å². The lowest BCUT2D eigenvalue weighted by molar-refractivity contribution is 0.534. The average Bonchev–Trinajstić information content (AvgIpc) is 2.88. The zero-order valence-electron chi connectivity index (χ0n) is 11.5. The van der Waals surface area contributed by atoms with Crippen LogP contribution < -0.4 is 5.32 Å². The Morgan fingerprint density at radius 3 is 2.78 bits per heavy atom. The van der Waals surface area contributed by atoms with Gasteiger partial charge < -0.3 is 9.88 Å². The van der Waals surface area contributed by atoms with E-state index < -0.39 is 0 Å². The number of nitrogens with one attached hydrogen (secondary N) is 1. The lowest BCUT2D eigenvalue weighted by Gasteiger charge is -2.07. The van der Waals surface area contributed by atoms with E-state index in [-0.39, 0.29) is 0 Å². The number of nitrogens with zero attached hydrogens (tertiary/aromatic N) is 4. The lowest BCUT2D eigenvalue weighted by atomic mass is 10.4. The molecule has 18 heavy (non-hydrogen) atoms. The zero-order chi connectivity index (χ0) is 13.1. The maximum absolute atomic E-state index is 4.48. The summed E-state index contributed by atoms with van der Waals surface area (Å²) in [5.41, 5.74) is 1.02. The highest BCUT2D eigenvalue weighted by Gasteiger charge is 2.07. The highest BCUT2D eigenvalue weighted by atomic mass is 15.3. The number of aromatic nitrogens is 4. The van der Waals surface area contributed by atoms with Gasteiger partial charge in [0.25, 0.3) is 0 Å². The number of aryl methyl sites for hydroxylation is 2. The van der Waals surface area contributed by atoms with Gasteiger partial charge >= 0.3 is 0 Å². The summed E-state index contributed by atoms with van der Waals surface area (Å²) in [4.78, 5) is 4.48. The van der Waals surface area contributed by atoms with Crippen molar-refractivity contribution < 1.29 is 0 Å². The van der Waals surface area contributed by atoms with Gasteiger partial charge in [0.15, 0.2) is 5.82 Å². The van der Waals surface area contributed by atoms with Crippen molar-refractivity contribution in [1.82, 2.24) is 19.3 Å². The Hall–Kier alpha value is -1.78. The largest absolute Gasteiger partial charge is 0.317 e. The summed E-state index contributed by atoms with van der Waals surface area (Å²) in [5.74, 6) is 1.70. The summed E-state index contributed by atoms with van der Waals surface area (Å²) >= 11 is 0. The molecule has 0 saturated heterocycles. The highest BCUT2D eigenvalue weighted by molar-refractivity contribution is 5.47. The lowest BCUT2D eigenvalue weighted by Crippen LogP contribution is -2.05. The Balaban J connectivity index is 2.17. The molecule has 0 bridgehead atoms. The van der Waals surface area contributed by atoms with Crippen molar-refractivity contribution in [3.05, 3.63) is 24.2 Å². The molecular formula is C13H21N5. The molecule has 0 amide bonds. The maximum atomic E-state index is 4.48. The van der Waals surface area contributed by atoms with Crippen LogP contribution in [-0.2, 0) is 6.54 Å². The fourth-order valence-electron chi connectivity index (χ4n) is 1.86. The minimum Gasteiger partial charge on any atom is -0.317 e. The van der Waals surface area contributed by atoms with Crippen LogP contribution in [0.25, 0.3) is 0 Å². The second kappa shape index (κ2) is 5.25. The summed E-state index contributed by atoms with van der Waals surface area (Å²) < 4.78 is 4.06. The Bertz CT molecular complexity index is 509. The van der Waals surface area contributed by atoms with E-state index >= 15 is 0 Å². The minimum absolute atomic E-state index is 0.373. The summed E-state index contributed by atoms with van der Waals surface area (Å²) in [5, 5.41) is 7.74. The number of hydrogen-bond donors (Lipinski definition) is 1. The van der Waals surface area contributed by atoms with Crippen molar-refractivity contribution in [2.75, 3.05) is 5.32 Å². The number of anilines is 2. The molecule has 2 rings (SSSR count). The van der Waals surface area contributed by atoms with Gasteiger partial charge in [-0.05, 0) is 27.2 Å². The molecule has 0 aliphatic carbocycles. The van der Waals surface area contributed by atoms with E-state index in [9.17, 15) is 0 Å². The molecule has 2 aromatic heterocycles. The maximum Gasteiger partial charge on any atom is 0.208 e. The van der Waals surface area contributed by atoms with E-state index in [1.165, 1.54) is 0 Å².